The summed E-state index contributed by atoms with van der Waals surface area (Å²) in [5.41, 5.74) is -0.733. The Morgan fingerprint density at radius 2 is 1.62 bits per heavy atom. The first-order chi connectivity index (χ1) is 12.4. The SMILES string of the molecule is O=C(CN1CCN(c2ccc(C(F)(F)F)cn2)CC1)N1CCCCCC1. The minimum atomic E-state index is -4.36. The maximum atomic E-state index is 12.6. The number of hydrogen-bond acceptors (Lipinski definition) is 4. The predicted octanol–water partition coefficient (Wildman–Crippen LogP) is 2.63. The number of aromatic nitrogens is 1. The minimum absolute atomic E-state index is 0.188. The molecule has 2 aliphatic heterocycles. The number of carbonyl (C=O) groups is 1. The Bertz CT molecular complexity index is 589. The molecule has 3 heterocycles. The maximum absolute atomic E-state index is 12.6. The van der Waals surface area contributed by atoms with E-state index >= 15 is 0 Å². The van der Waals surface area contributed by atoms with E-state index in [0.717, 1.165) is 38.2 Å². The van der Waals surface area contributed by atoms with Crippen molar-refractivity contribution < 1.29 is 18.0 Å². The van der Waals surface area contributed by atoms with Gasteiger partial charge in [0.15, 0.2) is 0 Å². The van der Waals surface area contributed by atoms with Crippen LogP contribution < -0.4 is 4.90 Å². The van der Waals surface area contributed by atoms with Gasteiger partial charge in [-0.1, -0.05) is 12.8 Å². The van der Waals surface area contributed by atoms with Crippen molar-refractivity contribution in [2.75, 3.05) is 50.7 Å². The van der Waals surface area contributed by atoms with Crippen molar-refractivity contribution in [1.29, 1.82) is 0 Å². The van der Waals surface area contributed by atoms with E-state index < -0.39 is 11.7 Å². The summed E-state index contributed by atoms with van der Waals surface area (Å²) in [4.78, 5) is 22.5. The molecule has 0 saturated carbocycles. The van der Waals surface area contributed by atoms with Crippen molar-refractivity contribution >= 4 is 11.7 Å². The first-order valence-corrected chi connectivity index (χ1v) is 9.22. The second kappa shape index (κ2) is 8.24. The average molecular weight is 370 g/mol. The summed E-state index contributed by atoms with van der Waals surface area (Å²) >= 11 is 0. The highest BCUT2D eigenvalue weighted by Gasteiger charge is 2.31. The summed E-state index contributed by atoms with van der Waals surface area (Å²) in [6.07, 6.45) is 1.08. The van der Waals surface area contributed by atoms with Gasteiger partial charge in [0.2, 0.25) is 5.91 Å². The van der Waals surface area contributed by atoms with Crippen LogP contribution in [-0.4, -0.2) is 66.5 Å². The molecule has 1 aromatic heterocycles. The highest BCUT2D eigenvalue weighted by atomic mass is 19.4. The average Bonchev–Trinajstić information content (AvgIpc) is 2.91. The van der Waals surface area contributed by atoms with Gasteiger partial charge in [0, 0.05) is 45.5 Å². The molecule has 5 nitrogen and oxygen atoms in total. The van der Waals surface area contributed by atoms with Crippen molar-refractivity contribution in [1.82, 2.24) is 14.8 Å². The molecule has 3 rings (SSSR count). The number of halogens is 3. The Morgan fingerprint density at radius 3 is 2.15 bits per heavy atom. The van der Waals surface area contributed by atoms with Crippen LogP contribution in [0.15, 0.2) is 18.3 Å². The van der Waals surface area contributed by atoms with Gasteiger partial charge in [-0.25, -0.2) is 4.98 Å². The molecule has 0 aromatic carbocycles. The molecule has 0 aliphatic carbocycles. The van der Waals surface area contributed by atoms with E-state index in [1.807, 2.05) is 9.80 Å². The third kappa shape index (κ3) is 4.87. The van der Waals surface area contributed by atoms with Crippen molar-refractivity contribution in [3.63, 3.8) is 0 Å². The normalized spacial score (nSPS) is 20.1. The number of amides is 1. The summed E-state index contributed by atoms with van der Waals surface area (Å²) in [6, 6.07) is 2.48. The van der Waals surface area contributed by atoms with Gasteiger partial charge in [-0.3, -0.25) is 9.69 Å². The molecule has 2 aliphatic rings. The molecule has 2 saturated heterocycles. The number of rotatable bonds is 3. The summed E-state index contributed by atoms with van der Waals surface area (Å²) in [6.45, 7) is 4.87. The molecule has 0 unspecified atom stereocenters. The summed E-state index contributed by atoms with van der Waals surface area (Å²) in [5.74, 6) is 0.740. The smallest absolute Gasteiger partial charge is 0.354 e. The molecular weight excluding hydrogens is 345 g/mol. The van der Waals surface area contributed by atoms with Gasteiger partial charge in [0.25, 0.3) is 0 Å². The topological polar surface area (TPSA) is 39.7 Å². The van der Waals surface area contributed by atoms with E-state index in [0.29, 0.717) is 38.5 Å². The van der Waals surface area contributed by atoms with E-state index in [4.69, 9.17) is 0 Å². The van der Waals surface area contributed by atoms with Gasteiger partial charge in [-0.15, -0.1) is 0 Å². The zero-order valence-corrected chi connectivity index (χ0v) is 14.8. The molecule has 0 atom stereocenters. The molecule has 1 amide bonds. The van der Waals surface area contributed by atoms with Crippen molar-refractivity contribution in [3.05, 3.63) is 23.9 Å². The fourth-order valence-electron chi connectivity index (χ4n) is 3.49. The number of nitrogens with zero attached hydrogens (tertiary/aromatic N) is 4. The third-order valence-corrected chi connectivity index (χ3v) is 5.09. The Hall–Kier alpha value is -1.83. The van der Waals surface area contributed by atoms with Gasteiger partial charge >= 0.3 is 6.18 Å². The third-order valence-electron chi connectivity index (χ3n) is 5.09. The van der Waals surface area contributed by atoms with E-state index in [1.165, 1.54) is 18.9 Å². The molecule has 2 fully saturated rings. The second-order valence-electron chi connectivity index (χ2n) is 6.96. The quantitative estimate of drug-likeness (QED) is 0.820. The van der Waals surface area contributed by atoms with Crippen LogP contribution in [0, 0.1) is 0 Å². The Balaban J connectivity index is 1.48. The Morgan fingerprint density at radius 1 is 0.962 bits per heavy atom. The second-order valence-corrected chi connectivity index (χ2v) is 6.96. The molecule has 144 valence electrons. The van der Waals surface area contributed by atoms with Gasteiger partial charge in [-0.05, 0) is 25.0 Å². The summed E-state index contributed by atoms with van der Waals surface area (Å²) in [5, 5.41) is 0. The zero-order valence-electron chi connectivity index (χ0n) is 14.8. The number of pyridine rings is 1. The van der Waals surface area contributed by atoms with Crippen LogP contribution in [0.2, 0.25) is 0 Å². The molecule has 0 radical (unpaired) electrons. The highest BCUT2D eigenvalue weighted by molar-refractivity contribution is 5.78. The lowest BCUT2D eigenvalue weighted by Crippen LogP contribution is -2.50. The van der Waals surface area contributed by atoms with Crippen molar-refractivity contribution in [2.24, 2.45) is 0 Å². The van der Waals surface area contributed by atoms with E-state index in [1.54, 1.807) is 0 Å². The largest absolute Gasteiger partial charge is 0.417 e. The number of alkyl halides is 3. The van der Waals surface area contributed by atoms with E-state index in [-0.39, 0.29) is 5.91 Å². The predicted molar refractivity (Wildman–Crippen MR) is 92.9 cm³/mol. The van der Waals surface area contributed by atoms with Gasteiger partial charge in [-0.2, -0.15) is 13.2 Å². The van der Waals surface area contributed by atoms with Crippen LogP contribution in [0.4, 0.5) is 19.0 Å². The number of likely N-dealkylation sites (tertiary alicyclic amines) is 1. The fraction of sp³-hybridized carbons (Fsp3) is 0.667. The lowest BCUT2D eigenvalue weighted by atomic mass is 10.2. The molecule has 1 aromatic rings. The van der Waals surface area contributed by atoms with Crippen LogP contribution in [0.1, 0.15) is 31.2 Å². The fourth-order valence-corrected chi connectivity index (χ4v) is 3.49. The first kappa shape index (κ1) is 18.9. The van der Waals surface area contributed by atoms with Crippen LogP contribution >= 0.6 is 0 Å². The van der Waals surface area contributed by atoms with E-state index in [9.17, 15) is 18.0 Å². The lowest BCUT2D eigenvalue weighted by molar-refractivity contribution is -0.137. The zero-order chi connectivity index (χ0) is 18.6. The van der Waals surface area contributed by atoms with Gasteiger partial charge < -0.3 is 9.80 Å². The monoisotopic (exact) mass is 370 g/mol. The van der Waals surface area contributed by atoms with E-state index in [2.05, 4.69) is 9.88 Å². The van der Waals surface area contributed by atoms with Gasteiger partial charge in [0.1, 0.15) is 5.82 Å². The molecular formula is C18H25F3N4O. The Kier molecular flexibility index (Phi) is 6.01. The molecule has 0 N–H and O–H groups in total. The van der Waals surface area contributed by atoms with Crippen LogP contribution in [0.25, 0.3) is 0 Å². The number of anilines is 1. The maximum Gasteiger partial charge on any atom is 0.417 e. The molecule has 8 heteroatoms. The van der Waals surface area contributed by atoms with Crippen LogP contribution in [0.3, 0.4) is 0 Å². The van der Waals surface area contributed by atoms with Gasteiger partial charge in [0.05, 0.1) is 12.1 Å². The number of piperazine rings is 1. The lowest BCUT2D eigenvalue weighted by Gasteiger charge is -2.36. The molecule has 0 spiro atoms. The van der Waals surface area contributed by atoms with Crippen LogP contribution in [-0.2, 0) is 11.0 Å². The molecule has 0 bridgehead atoms. The number of carbonyl (C=O) groups excluding carboxylic acids is 1. The molecule has 26 heavy (non-hydrogen) atoms. The van der Waals surface area contributed by atoms with Crippen LogP contribution in [0.5, 0.6) is 0 Å². The summed E-state index contributed by atoms with van der Waals surface area (Å²) in [7, 11) is 0. The first-order valence-electron chi connectivity index (χ1n) is 9.22. The summed E-state index contributed by atoms with van der Waals surface area (Å²) < 4.78 is 37.9. The van der Waals surface area contributed by atoms with Crippen molar-refractivity contribution in [2.45, 2.75) is 31.9 Å². The minimum Gasteiger partial charge on any atom is -0.354 e. The highest BCUT2D eigenvalue weighted by Crippen LogP contribution is 2.29. The van der Waals surface area contributed by atoms with Crippen molar-refractivity contribution in [3.8, 4) is 0 Å². The Labute approximate surface area is 151 Å². The number of hydrogen-bond donors (Lipinski definition) is 0. The standard InChI is InChI=1S/C18H25F3N4O/c19-18(20,21)15-5-6-16(22-13-15)24-11-9-23(10-12-24)14-17(26)25-7-3-1-2-4-8-25/h5-6,13H,1-4,7-12,14H2.